The van der Waals surface area contributed by atoms with Gasteiger partial charge < -0.3 is 20.1 Å². The average Bonchev–Trinajstić information content (AvgIpc) is 3.03. The van der Waals surface area contributed by atoms with Crippen LogP contribution in [0, 0.1) is 5.92 Å². The van der Waals surface area contributed by atoms with Crippen LogP contribution in [0.1, 0.15) is 12.0 Å². The monoisotopic (exact) mass is 374 g/mol. The van der Waals surface area contributed by atoms with Gasteiger partial charge in [-0.15, -0.1) is 0 Å². The Morgan fingerprint density at radius 1 is 1.35 bits per heavy atom. The van der Waals surface area contributed by atoms with E-state index in [0.29, 0.717) is 27.7 Å². The van der Waals surface area contributed by atoms with E-state index in [-0.39, 0.29) is 31.4 Å². The van der Waals surface area contributed by atoms with Gasteiger partial charge in [0.05, 0.1) is 25.3 Å². The number of nitrogens with zero attached hydrogens (tertiary/aromatic N) is 1. The molecule has 0 aliphatic carbocycles. The third-order valence-corrected chi connectivity index (χ3v) is 4.54. The summed E-state index contributed by atoms with van der Waals surface area (Å²) in [5.41, 5.74) is 1.85. The number of ether oxygens (including phenoxy) is 1. The van der Waals surface area contributed by atoms with Gasteiger partial charge in [-0.3, -0.25) is 9.59 Å². The summed E-state index contributed by atoms with van der Waals surface area (Å²) >= 11 is 6.04. The molecule has 0 spiro atoms. The van der Waals surface area contributed by atoms with Crippen molar-refractivity contribution in [1.82, 2.24) is 0 Å². The number of hydrogen-bond acceptors (Lipinski definition) is 4. The minimum absolute atomic E-state index is 0.103. The molecule has 1 heterocycles. The lowest BCUT2D eigenvalue weighted by Crippen LogP contribution is -2.28. The molecule has 1 fully saturated rings. The largest absolute Gasteiger partial charge is 0.495 e. The molecular weight excluding hydrogens is 356 g/mol. The van der Waals surface area contributed by atoms with Gasteiger partial charge in [0.2, 0.25) is 11.8 Å². The quantitative estimate of drug-likeness (QED) is 0.843. The Hall–Kier alpha value is -2.57. The number of methoxy groups -OCH3 is 1. The van der Waals surface area contributed by atoms with Crippen LogP contribution in [0.4, 0.5) is 11.4 Å². The lowest BCUT2D eigenvalue weighted by Gasteiger charge is -2.20. The third-order valence-electron chi connectivity index (χ3n) is 4.30. The van der Waals surface area contributed by atoms with Crippen LogP contribution < -0.4 is 15.0 Å². The number of anilines is 2. The van der Waals surface area contributed by atoms with E-state index in [9.17, 15) is 14.7 Å². The van der Waals surface area contributed by atoms with Crippen LogP contribution in [0.15, 0.2) is 42.5 Å². The summed E-state index contributed by atoms with van der Waals surface area (Å²) in [5.74, 6) is -0.352. The van der Waals surface area contributed by atoms with E-state index in [1.807, 2.05) is 0 Å². The normalized spacial score (nSPS) is 16.7. The molecule has 1 atom stereocenters. The molecule has 136 valence electrons. The second kappa shape index (κ2) is 7.76. The fraction of sp³-hybridized carbons (Fsp3) is 0.263. The fourth-order valence-corrected chi connectivity index (χ4v) is 3.15. The number of carbonyl (C=O) groups is 2. The zero-order valence-corrected chi connectivity index (χ0v) is 15.0. The van der Waals surface area contributed by atoms with Gasteiger partial charge in [0.15, 0.2) is 0 Å². The number of hydrogen-bond donors (Lipinski definition) is 2. The van der Waals surface area contributed by atoms with Crippen molar-refractivity contribution in [3.8, 4) is 5.75 Å². The molecule has 2 amide bonds. The zero-order chi connectivity index (χ0) is 18.7. The van der Waals surface area contributed by atoms with Crippen LogP contribution in [0.5, 0.6) is 5.75 Å². The van der Waals surface area contributed by atoms with E-state index in [1.165, 1.54) is 12.0 Å². The molecule has 0 aromatic heterocycles. The molecule has 3 rings (SSSR count). The molecule has 6 nitrogen and oxygen atoms in total. The molecule has 7 heteroatoms. The van der Waals surface area contributed by atoms with Crippen molar-refractivity contribution in [1.29, 1.82) is 0 Å². The number of halogens is 1. The first kappa shape index (κ1) is 18.2. The van der Waals surface area contributed by atoms with Crippen LogP contribution >= 0.6 is 11.6 Å². The summed E-state index contributed by atoms with van der Waals surface area (Å²) in [6.45, 7) is 0.148. The predicted molar refractivity (Wildman–Crippen MR) is 99.5 cm³/mol. The molecule has 1 unspecified atom stereocenters. The number of aliphatic hydroxyl groups excluding tert-OH is 1. The Balaban J connectivity index is 1.75. The van der Waals surface area contributed by atoms with Gasteiger partial charge in [-0.25, -0.2) is 0 Å². The molecule has 0 radical (unpaired) electrons. The Morgan fingerprint density at radius 3 is 2.88 bits per heavy atom. The summed E-state index contributed by atoms with van der Waals surface area (Å²) in [6, 6.07) is 12.0. The van der Waals surface area contributed by atoms with E-state index >= 15 is 0 Å². The van der Waals surface area contributed by atoms with E-state index in [0.717, 1.165) is 0 Å². The first-order valence-electron chi connectivity index (χ1n) is 8.16. The Kier molecular flexibility index (Phi) is 5.44. The summed E-state index contributed by atoms with van der Waals surface area (Å²) < 4.78 is 5.30. The SMILES string of the molecule is COc1ccc(Cl)cc1N1CC(C(=O)Nc2cccc(CO)c2)CC1=O. The topological polar surface area (TPSA) is 78.9 Å². The maximum Gasteiger partial charge on any atom is 0.229 e. The highest BCUT2D eigenvalue weighted by atomic mass is 35.5. The first-order valence-corrected chi connectivity index (χ1v) is 8.54. The molecule has 2 aromatic rings. The molecule has 1 aliphatic rings. The minimum atomic E-state index is -0.482. The van der Waals surface area contributed by atoms with Crippen molar-refractivity contribution in [2.45, 2.75) is 13.0 Å². The van der Waals surface area contributed by atoms with Gasteiger partial charge in [0, 0.05) is 23.7 Å². The lowest BCUT2D eigenvalue weighted by molar-refractivity contribution is -0.122. The Bertz CT molecular complexity index is 840. The van der Waals surface area contributed by atoms with Crippen LogP contribution in [-0.4, -0.2) is 30.6 Å². The number of aliphatic hydroxyl groups is 1. The van der Waals surface area contributed by atoms with Crippen LogP contribution in [0.25, 0.3) is 0 Å². The average molecular weight is 375 g/mol. The van der Waals surface area contributed by atoms with Gasteiger partial charge in [-0.05, 0) is 35.9 Å². The summed E-state index contributed by atoms with van der Waals surface area (Å²) in [7, 11) is 1.52. The molecule has 26 heavy (non-hydrogen) atoms. The number of rotatable bonds is 5. The summed E-state index contributed by atoms with van der Waals surface area (Å²) in [6.07, 6.45) is 0.112. The standard InChI is InChI=1S/C19H19ClN2O4/c1-26-17-6-5-14(20)9-16(17)22-10-13(8-18(22)24)19(25)21-15-4-2-3-12(7-15)11-23/h2-7,9,13,23H,8,10-11H2,1H3,(H,21,25). The van der Waals surface area contributed by atoms with Crippen molar-refractivity contribution in [3.05, 3.63) is 53.1 Å². The Labute approximate surface area is 156 Å². The second-order valence-corrected chi connectivity index (χ2v) is 6.51. The first-order chi connectivity index (χ1) is 12.5. The smallest absolute Gasteiger partial charge is 0.229 e. The summed E-state index contributed by atoms with van der Waals surface area (Å²) in [4.78, 5) is 26.5. The molecule has 2 N–H and O–H groups in total. The predicted octanol–water partition coefficient (Wildman–Crippen LogP) is 2.83. The fourth-order valence-electron chi connectivity index (χ4n) is 2.98. The van der Waals surface area contributed by atoms with Crippen LogP contribution in [0.3, 0.4) is 0 Å². The van der Waals surface area contributed by atoms with Crippen LogP contribution in [-0.2, 0) is 16.2 Å². The highest BCUT2D eigenvalue weighted by Crippen LogP contribution is 2.35. The van der Waals surface area contributed by atoms with Crippen molar-refractivity contribution in [2.24, 2.45) is 5.92 Å². The number of nitrogens with one attached hydrogen (secondary N) is 1. The van der Waals surface area contributed by atoms with Crippen molar-refractivity contribution in [2.75, 3.05) is 23.9 Å². The van der Waals surface area contributed by atoms with E-state index < -0.39 is 5.92 Å². The van der Waals surface area contributed by atoms with Gasteiger partial charge in [0.1, 0.15) is 5.75 Å². The second-order valence-electron chi connectivity index (χ2n) is 6.07. The molecule has 1 aliphatic heterocycles. The minimum Gasteiger partial charge on any atom is -0.495 e. The third kappa shape index (κ3) is 3.81. The van der Waals surface area contributed by atoms with Gasteiger partial charge >= 0.3 is 0 Å². The highest BCUT2D eigenvalue weighted by molar-refractivity contribution is 6.31. The molecule has 0 bridgehead atoms. The highest BCUT2D eigenvalue weighted by Gasteiger charge is 2.36. The maximum atomic E-state index is 12.5. The van der Waals surface area contributed by atoms with E-state index in [1.54, 1.807) is 42.5 Å². The van der Waals surface area contributed by atoms with Crippen molar-refractivity contribution < 1.29 is 19.4 Å². The zero-order valence-electron chi connectivity index (χ0n) is 14.2. The van der Waals surface area contributed by atoms with Gasteiger partial charge in [-0.2, -0.15) is 0 Å². The Morgan fingerprint density at radius 2 is 2.15 bits per heavy atom. The summed E-state index contributed by atoms with van der Waals surface area (Å²) in [5, 5.41) is 12.5. The maximum absolute atomic E-state index is 12.5. The molecule has 1 saturated heterocycles. The van der Waals surface area contributed by atoms with E-state index in [2.05, 4.69) is 5.32 Å². The number of amides is 2. The number of benzene rings is 2. The van der Waals surface area contributed by atoms with Crippen LogP contribution in [0.2, 0.25) is 5.02 Å². The lowest BCUT2D eigenvalue weighted by atomic mass is 10.1. The van der Waals surface area contributed by atoms with Crippen molar-refractivity contribution >= 4 is 34.8 Å². The van der Waals surface area contributed by atoms with Gasteiger partial charge in [-0.1, -0.05) is 23.7 Å². The molecule has 2 aromatic carbocycles. The molecule has 0 saturated carbocycles. The van der Waals surface area contributed by atoms with Crippen molar-refractivity contribution in [3.63, 3.8) is 0 Å². The molecular formula is C19H19ClN2O4. The van der Waals surface area contributed by atoms with Gasteiger partial charge in [0.25, 0.3) is 0 Å². The number of carbonyl (C=O) groups excluding carboxylic acids is 2. The van der Waals surface area contributed by atoms with E-state index in [4.69, 9.17) is 16.3 Å².